The molecule has 0 unspecified atom stereocenters. The number of hydrogen-bond acceptors (Lipinski definition) is 2. The number of rotatable bonds is 8. The minimum Gasteiger partial charge on any atom is -0.371 e. The maximum Gasteiger partial charge on any atom is 0.123 e. The van der Waals surface area contributed by atoms with Crippen molar-refractivity contribution in [3.63, 3.8) is 0 Å². The molecule has 0 aliphatic carbocycles. The van der Waals surface area contributed by atoms with Gasteiger partial charge in [0.25, 0.3) is 0 Å². The van der Waals surface area contributed by atoms with Gasteiger partial charge in [0, 0.05) is 25.3 Å². The summed E-state index contributed by atoms with van der Waals surface area (Å²) in [4.78, 5) is 2.33. The van der Waals surface area contributed by atoms with Crippen LogP contribution in [-0.2, 0) is 6.54 Å². The lowest BCUT2D eigenvalue weighted by Gasteiger charge is -2.27. The van der Waals surface area contributed by atoms with Crippen LogP contribution in [0.25, 0.3) is 0 Å². The first-order valence-corrected chi connectivity index (χ1v) is 7.32. The molecule has 2 nitrogen and oxygen atoms in total. The molecule has 0 aromatic heterocycles. The zero-order valence-corrected chi connectivity index (χ0v) is 12.7. The fourth-order valence-electron chi connectivity index (χ4n) is 2.24. The Balaban J connectivity index is 2.89. The Morgan fingerprint density at radius 3 is 2.58 bits per heavy atom. The molecule has 0 spiro atoms. The van der Waals surface area contributed by atoms with E-state index in [1.54, 1.807) is 12.1 Å². The van der Waals surface area contributed by atoms with Crippen LogP contribution in [0.15, 0.2) is 18.2 Å². The smallest absolute Gasteiger partial charge is 0.123 e. The van der Waals surface area contributed by atoms with Gasteiger partial charge in [-0.2, -0.15) is 0 Å². The Morgan fingerprint density at radius 1 is 1.26 bits per heavy atom. The van der Waals surface area contributed by atoms with Crippen LogP contribution in [-0.4, -0.2) is 19.6 Å². The van der Waals surface area contributed by atoms with Gasteiger partial charge in [0.15, 0.2) is 0 Å². The molecule has 0 bridgehead atoms. The number of halogens is 1. The molecule has 0 radical (unpaired) electrons. The maximum atomic E-state index is 13.4. The van der Waals surface area contributed by atoms with Crippen LogP contribution in [0.5, 0.6) is 0 Å². The molecule has 1 N–H and O–H groups in total. The van der Waals surface area contributed by atoms with Crippen molar-refractivity contribution >= 4 is 5.69 Å². The summed E-state index contributed by atoms with van der Waals surface area (Å²) < 4.78 is 13.4. The quantitative estimate of drug-likeness (QED) is 0.720. The summed E-state index contributed by atoms with van der Waals surface area (Å²) in [5, 5.41) is 3.36. The van der Waals surface area contributed by atoms with Crippen LogP contribution in [0.2, 0.25) is 0 Å². The lowest BCUT2D eigenvalue weighted by Crippen LogP contribution is -2.29. The summed E-state index contributed by atoms with van der Waals surface area (Å²) in [6.45, 7) is 12.4. The minimum absolute atomic E-state index is 0.155. The summed E-state index contributed by atoms with van der Waals surface area (Å²) in [6.07, 6.45) is 1.09. The van der Waals surface area contributed by atoms with E-state index in [-0.39, 0.29) is 5.82 Å². The molecule has 1 rings (SSSR count). The highest BCUT2D eigenvalue weighted by Crippen LogP contribution is 2.22. The third-order valence-electron chi connectivity index (χ3n) is 3.09. The first-order valence-electron chi connectivity index (χ1n) is 7.32. The van der Waals surface area contributed by atoms with Crippen molar-refractivity contribution in [2.45, 2.75) is 40.7 Å². The summed E-state index contributed by atoms with van der Waals surface area (Å²) in [5.41, 5.74) is 2.21. The standard InChI is InChI=1S/C16H27FN2/c1-5-9-18-11-14-10-15(17)7-8-16(14)19(6-2)12-13(3)4/h7-8,10,13,18H,5-6,9,11-12H2,1-4H3. The van der Waals surface area contributed by atoms with Crippen LogP contribution in [0.1, 0.15) is 39.7 Å². The van der Waals surface area contributed by atoms with Gasteiger partial charge >= 0.3 is 0 Å². The summed E-state index contributed by atoms with van der Waals surface area (Å²) in [5.74, 6) is 0.444. The molecule has 108 valence electrons. The van der Waals surface area contributed by atoms with Gasteiger partial charge in [-0.1, -0.05) is 20.8 Å². The van der Waals surface area contributed by atoms with E-state index in [0.717, 1.165) is 43.9 Å². The molecule has 0 saturated carbocycles. The molecular formula is C16H27FN2. The molecule has 3 heteroatoms. The fourth-order valence-corrected chi connectivity index (χ4v) is 2.24. The van der Waals surface area contributed by atoms with E-state index in [2.05, 4.69) is 37.9 Å². The number of hydrogen-bond donors (Lipinski definition) is 1. The van der Waals surface area contributed by atoms with Crippen molar-refractivity contribution in [2.75, 3.05) is 24.5 Å². The Morgan fingerprint density at radius 2 is 2.00 bits per heavy atom. The second-order valence-electron chi connectivity index (χ2n) is 5.38. The lowest BCUT2D eigenvalue weighted by molar-refractivity contribution is 0.604. The van der Waals surface area contributed by atoms with Crippen molar-refractivity contribution in [3.05, 3.63) is 29.6 Å². The molecule has 1 aromatic carbocycles. The minimum atomic E-state index is -0.155. The largest absolute Gasteiger partial charge is 0.371 e. The molecule has 1 aromatic rings. The van der Waals surface area contributed by atoms with Gasteiger partial charge in [-0.05, 0) is 49.6 Å². The van der Waals surface area contributed by atoms with Crippen molar-refractivity contribution in [1.29, 1.82) is 0 Å². The van der Waals surface area contributed by atoms with Crippen LogP contribution in [0.3, 0.4) is 0 Å². The third-order valence-corrected chi connectivity index (χ3v) is 3.09. The van der Waals surface area contributed by atoms with E-state index in [0.29, 0.717) is 5.92 Å². The number of nitrogens with zero attached hydrogens (tertiary/aromatic N) is 1. The molecule has 0 atom stereocenters. The van der Waals surface area contributed by atoms with E-state index in [1.165, 1.54) is 0 Å². The first-order chi connectivity index (χ1) is 9.08. The number of anilines is 1. The van der Waals surface area contributed by atoms with Crippen molar-refractivity contribution in [2.24, 2.45) is 5.92 Å². The molecule has 0 fully saturated rings. The van der Waals surface area contributed by atoms with Gasteiger partial charge in [0.05, 0.1) is 0 Å². The molecular weight excluding hydrogens is 239 g/mol. The highest BCUT2D eigenvalue weighted by atomic mass is 19.1. The normalized spacial score (nSPS) is 11.1. The Labute approximate surface area is 117 Å². The summed E-state index contributed by atoms with van der Waals surface area (Å²) in [7, 11) is 0. The topological polar surface area (TPSA) is 15.3 Å². The summed E-state index contributed by atoms with van der Waals surface area (Å²) in [6, 6.07) is 5.12. The monoisotopic (exact) mass is 266 g/mol. The lowest BCUT2D eigenvalue weighted by atomic mass is 10.1. The highest BCUT2D eigenvalue weighted by Gasteiger charge is 2.12. The Bertz CT molecular complexity index is 377. The van der Waals surface area contributed by atoms with Gasteiger partial charge in [0.1, 0.15) is 5.82 Å². The van der Waals surface area contributed by atoms with E-state index in [9.17, 15) is 4.39 Å². The molecule has 0 aliphatic rings. The van der Waals surface area contributed by atoms with Gasteiger partial charge in [-0.3, -0.25) is 0 Å². The maximum absolute atomic E-state index is 13.4. The first kappa shape index (κ1) is 16.0. The zero-order valence-electron chi connectivity index (χ0n) is 12.7. The van der Waals surface area contributed by atoms with E-state index >= 15 is 0 Å². The van der Waals surface area contributed by atoms with Gasteiger partial charge < -0.3 is 10.2 Å². The van der Waals surface area contributed by atoms with Crippen molar-refractivity contribution in [3.8, 4) is 0 Å². The van der Waals surface area contributed by atoms with Crippen LogP contribution in [0.4, 0.5) is 10.1 Å². The number of nitrogens with one attached hydrogen (secondary N) is 1. The second kappa shape index (κ2) is 8.16. The van der Waals surface area contributed by atoms with Gasteiger partial charge in [-0.25, -0.2) is 4.39 Å². The molecule has 0 heterocycles. The van der Waals surface area contributed by atoms with E-state index in [4.69, 9.17) is 0 Å². The predicted molar refractivity (Wildman–Crippen MR) is 81.1 cm³/mol. The van der Waals surface area contributed by atoms with Crippen LogP contribution < -0.4 is 10.2 Å². The van der Waals surface area contributed by atoms with Gasteiger partial charge in [-0.15, -0.1) is 0 Å². The highest BCUT2D eigenvalue weighted by molar-refractivity contribution is 5.53. The fraction of sp³-hybridized carbons (Fsp3) is 0.625. The van der Waals surface area contributed by atoms with Crippen molar-refractivity contribution < 1.29 is 4.39 Å². The average molecular weight is 266 g/mol. The van der Waals surface area contributed by atoms with E-state index < -0.39 is 0 Å². The van der Waals surface area contributed by atoms with Crippen LogP contribution >= 0.6 is 0 Å². The number of benzene rings is 1. The average Bonchev–Trinajstić information content (AvgIpc) is 2.37. The molecule has 0 amide bonds. The zero-order chi connectivity index (χ0) is 14.3. The predicted octanol–water partition coefficient (Wildman–Crippen LogP) is 3.81. The Kier molecular flexibility index (Phi) is 6.85. The molecule has 0 saturated heterocycles. The van der Waals surface area contributed by atoms with E-state index in [1.807, 2.05) is 6.07 Å². The third kappa shape index (κ3) is 5.19. The van der Waals surface area contributed by atoms with Gasteiger partial charge in [0.2, 0.25) is 0 Å². The second-order valence-corrected chi connectivity index (χ2v) is 5.38. The van der Waals surface area contributed by atoms with Crippen molar-refractivity contribution in [1.82, 2.24) is 5.32 Å². The summed E-state index contributed by atoms with van der Waals surface area (Å²) >= 11 is 0. The Hall–Kier alpha value is -1.09. The molecule has 0 aliphatic heterocycles. The molecule has 19 heavy (non-hydrogen) atoms. The SMILES string of the molecule is CCCNCc1cc(F)ccc1N(CC)CC(C)C. The van der Waals surface area contributed by atoms with Crippen LogP contribution in [0, 0.1) is 11.7 Å².